The second-order valence-electron chi connectivity index (χ2n) is 8.17. The minimum absolute atomic E-state index is 0.0817. The molecule has 170 valence electrons. The van der Waals surface area contributed by atoms with Gasteiger partial charge in [-0.3, -0.25) is 9.59 Å². The summed E-state index contributed by atoms with van der Waals surface area (Å²) in [5, 5.41) is 2.84. The van der Waals surface area contributed by atoms with E-state index in [-0.39, 0.29) is 18.4 Å². The minimum atomic E-state index is -0.544. The molecule has 0 bridgehead atoms. The zero-order valence-corrected chi connectivity index (χ0v) is 18.9. The molecule has 0 aliphatic carbocycles. The van der Waals surface area contributed by atoms with Crippen molar-refractivity contribution < 1.29 is 19.1 Å². The van der Waals surface area contributed by atoms with E-state index in [1.165, 1.54) is 5.56 Å². The lowest BCUT2D eigenvalue weighted by Gasteiger charge is -2.33. The SMILES string of the molecule is Cc1ccc(OCC(=O)Nc2ccc3c(c2)N(CCCc2ccccc2)C(=O)C(C)O3)cc1. The molecule has 1 aliphatic heterocycles. The highest BCUT2D eigenvalue weighted by Crippen LogP contribution is 2.36. The van der Waals surface area contributed by atoms with Gasteiger partial charge in [0.2, 0.25) is 0 Å². The largest absolute Gasteiger partial charge is 0.484 e. The number of anilines is 2. The lowest BCUT2D eigenvalue weighted by molar-refractivity contribution is -0.125. The number of ether oxygens (including phenoxy) is 2. The third-order valence-corrected chi connectivity index (χ3v) is 5.53. The second kappa shape index (κ2) is 10.2. The topological polar surface area (TPSA) is 67.9 Å². The van der Waals surface area contributed by atoms with Crippen molar-refractivity contribution in [2.24, 2.45) is 0 Å². The van der Waals surface area contributed by atoms with Crippen LogP contribution in [0.1, 0.15) is 24.5 Å². The molecule has 1 heterocycles. The molecule has 0 radical (unpaired) electrons. The van der Waals surface area contributed by atoms with Crippen LogP contribution in [0.15, 0.2) is 72.8 Å². The number of rotatable bonds is 8. The van der Waals surface area contributed by atoms with Crippen molar-refractivity contribution in [3.8, 4) is 11.5 Å². The van der Waals surface area contributed by atoms with Gasteiger partial charge in [-0.25, -0.2) is 0 Å². The second-order valence-corrected chi connectivity index (χ2v) is 8.17. The average molecular weight is 445 g/mol. The van der Waals surface area contributed by atoms with Gasteiger partial charge in [-0.15, -0.1) is 0 Å². The van der Waals surface area contributed by atoms with Crippen molar-refractivity contribution in [1.29, 1.82) is 0 Å². The Labute approximate surface area is 194 Å². The fraction of sp³-hybridized carbons (Fsp3) is 0.259. The number of aryl methyl sites for hydroxylation is 2. The molecule has 1 aliphatic rings. The maximum absolute atomic E-state index is 12.8. The number of carbonyl (C=O) groups is 2. The summed E-state index contributed by atoms with van der Waals surface area (Å²) in [6.45, 7) is 4.22. The highest BCUT2D eigenvalue weighted by Gasteiger charge is 2.31. The Morgan fingerprint density at radius 3 is 2.58 bits per heavy atom. The Kier molecular flexibility index (Phi) is 6.93. The minimum Gasteiger partial charge on any atom is -0.484 e. The van der Waals surface area contributed by atoms with E-state index in [0.29, 0.717) is 29.4 Å². The van der Waals surface area contributed by atoms with Crippen LogP contribution in [-0.2, 0) is 16.0 Å². The summed E-state index contributed by atoms with van der Waals surface area (Å²) in [4.78, 5) is 27.0. The number of benzene rings is 3. The van der Waals surface area contributed by atoms with Crippen LogP contribution in [0.25, 0.3) is 0 Å². The summed E-state index contributed by atoms with van der Waals surface area (Å²) in [5.41, 5.74) is 3.62. The van der Waals surface area contributed by atoms with Gasteiger partial charge in [0, 0.05) is 12.2 Å². The fourth-order valence-corrected chi connectivity index (χ4v) is 3.78. The molecule has 3 aromatic carbocycles. The molecule has 1 N–H and O–H groups in total. The molecule has 0 spiro atoms. The number of fused-ring (bicyclic) bond motifs is 1. The van der Waals surface area contributed by atoms with Crippen LogP contribution in [-0.4, -0.2) is 31.1 Å². The van der Waals surface area contributed by atoms with E-state index < -0.39 is 6.10 Å². The highest BCUT2D eigenvalue weighted by atomic mass is 16.5. The Morgan fingerprint density at radius 2 is 1.82 bits per heavy atom. The molecule has 0 saturated carbocycles. The maximum atomic E-state index is 12.8. The molecular weight excluding hydrogens is 416 g/mol. The summed E-state index contributed by atoms with van der Waals surface area (Å²) >= 11 is 0. The summed E-state index contributed by atoms with van der Waals surface area (Å²) in [6.07, 6.45) is 1.16. The summed E-state index contributed by atoms with van der Waals surface area (Å²) in [5.74, 6) is 0.916. The smallest absolute Gasteiger partial charge is 0.267 e. The first-order chi connectivity index (χ1) is 16.0. The molecule has 4 rings (SSSR count). The Morgan fingerprint density at radius 1 is 1.06 bits per heavy atom. The third-order valence-electron chi connectivity index (χ3n) is 5.53. The van der Waals surface area contributed by atoms with Gasteiger partial charge < -0.3 is 19.7 Å². The van der Waals surface area contributed by atoms with Crippen molar-refractivity contribution in [1.82, 2.24) is 0 Å². The van der Waals surface area contributed by atoms with Crippen molar-refractivity contribution in [2.45, 2.75) is 32.8 Å². The number of hydrogen-bond acceptors (Lipinski definition) is 4. The van der Waals surface area contributed by atoms with Gasteiger partial charge in [-0.2, -0.15) is 0 Å². The van der Waals surface area contributed by atoms with Gasteiger partial charge >= 0.3 is 0 Å². The predicted octanol–water partition coefficient (Wildman–Crippen LogP) is 4.76. The zero-order valence-electron chi connectivity index (χ0n) is 18.9. The molecule has 6 heteroatoms. The monoisotopic (exact) mass is 444 g/mol. The van der Waals surface area contributed by atoms with Gasteiger partial charge in [0.05, 0.1) is 5.69 Å². The van der Waals surface area contributed by atoms with E-state index in [2.05, 4.69) is 17.4 Å². The van der Waals surface area contributed by atoms with Crippen molar-refractivity contribution in [3.63, 3.8) is 0 Å². The summed E-state index contributed by atoms with van der Waals surface area (Å²) in [7, 11) is 0. The Hall–Kier alpha value is -3.80. The normalized spacial score (nSPS) is 14.9. The molecule has 6 nitrogen and oxygen atoms in total. The third kappa shape index (κ3) is 5.71. The lowest BCUT2D eigenvalue weighted by Crippen LogP contribution is -2.45. The maximum Gasteiger partial charge on any atom is 0.267 e. The number of nitrogens with zero attached hydrogens (tertiary/aromatic N) is 1. The molecule has 0 saturated heterocycles. The quantitative estimate of drug-likeness (QED) is 0.544. The van der Waals surface area contributed by atoms with Crippen LogP contribution in [0.5, 0.6) is 11.5 Å². The first-order valence-corrected chi connectivity index (χ1v) is 11.1. The van der Waals surface area contributed by atoms with E-state index in [1.54, 1.807) is 30.0 Å². The van der Waals surface area contributed by atoms with Gasteiger partial charge in [0.1, 0.15) is 11.5 Å². The Bertz CT molecular complexity index is 1110. The molecule has 1 atom stereocenters. The first kappa shape index (κ1) is 22.4. The van der Waals surface area contributed by atoms with E-state index in [0.717, 1.165) is 18.4 Å². The molecular formula is C27H28N2O4. The van der Waals surface area contributed by atoms with Crippen LogP contribution in [0.2, 0.25) is 0 Å². The molecule has 3 aromatic rings. The zero-order chi connectivity index (χ0) is 23.2. The standard InChI is InChI=1S/C27H28N2O4/c1-19-10-13-23(14-11-19)32-18-26(30)28-22-12-15-25-24(17-22)29(27(31)20(2)33-25)16-6-9-21-7-4-3-5-8-21/h3-5,7-8,10-15,17,20H,6,9,16,18H2,1-2H3,(H,28,30). The van der Waals surface area contributed by atoms with Crippen molar-refractivity contribution >= 4 is 23.2 Å². The van der Waals surface area contributed by atoms with E-state index in [1.807, 2.05) is 49.4 Å². The van der Waals surface area contributed by atoms with Gasteiger partial charge in [0.25, 0.3) is 11.8 Å². The van der Waals surface area contributed by atoms with E-state index in [4.69, 9.17) is 9.47 Å². The Balaban J connectivity index is 1.41. The van der Waals surface area contributed by atoms with Crippen molar-refractivity contribution in [2.75, 3.05) is 23.4 Å². The van der Waals surface area contributed by atoms with Gasteiger partial charge in [-0.05, 0) is 62.6 Å². The molecule has 0 fully saturated rings. The van der Waals surface area contributed by atoms with Crippen LogP contribution >= 0.6 is 0 Å². The first-order valence-electron chi connectivity index (χ1n) is 11.1. The van der Waals surface area contributed by atoms with Gasteiger partial charge in [-0.1, -0.05) is 48.0 Å². The van der Waals surface area contributed by atoms with E-state index in [9.17, 15) is 9.59 Å². The van der Waals surface area contributed by atoms with Crippen LogP contribution in [0, 0.1) is 6.92 Å². The summed E-state index contributed by atoms with van der Waals surface area (Å²) in [6, 6.07) is 23.1. The fourth-order valence-electron chi connectivity index (χ4n) is 3.78. The number of hydrogen-bond donors (Lipinski definition) is 1. The van der Waals surface area contributed by atoms with Crippen LogP contribution in [0.3, 0.4) is 0 Å². The van der Waals surface area contributed by atoms with E-state index >= 15 is 0 Å². The van der Waals surface area contributed by atoms with Crippen LogP contribution in [0.4, 0.5) is 11.4 Å². The number of carbonyl (C=O) groups excluding carboxylic acids is 2. The molecule has 2 amide bonds. The molecule has 33 heavy (non-hydrogen) atoms. The number of nitrogens with one attached hydrogen (secondary N) is 1. The highest BCUT2D eigenvalue weighted by molar-refractivity contribution is 6.01. The number of amides is 2. The predicted molar refractivity (Wildman–Crippen MR) is 129 cm³/mol. The van der Waals surface area contributed by atoms with Gasteiger partial charge in [0.15, 0.2) is 12.7 Å². The lowest BCUT2D eigenvalue weighted by atomic mass is 10.1. The average Bonchev–Trinajstić information content (AvgIpc) is 2.82. The van der Waals surface area contributed by atoms with Crippen molar-refractivity contribution in [3.05, 3.63) is 83.9 Å². The molecule has 0 aromatic heterocycles. The summed E-state index contributed by atoms with van der Waals surface area (Å²) < 4.78 is 11.3. The van der Waals surface area contributed by atoms with Crippen LogP contribution < -0.4 is 19.7 Å². The molecule has 1 unspecified atom stereocenters.